The van der Waals surface area contributed by atoms with E-state index in [1.165, 1.54) is 82.2 Å². The van der Waals surface area contributed by atoms with Crippen molar-refractivity contribution in [2.75, 3.05) is 0 Å². The van der Waals surface area contributed by atoms with Gasteiger partial charge in [0, 0.05) is 43.7 Å². The molecule has 0 bridgehead atoms. The van der Waals surface area contributed by atoms with Crippen molar-refractivity contribution in [1.29, 1.82) is 0 Å². The SMILES string of the molecule is c1ccc(-c2ccc(-n3c4ccccc4c4c5c6ccccc6n(-c6cccc7c6c6ccccc6n7-c6ccccc6)c5ccc43)cc2)cc1. The van der Waals surface area contributed by atoms with E-state index in [0.29, 0.717) is 0 Å². The zero-order valence-corrected chi connectivity index (χ0v) is 27.7. The van der Waals surface area contributed by atoms with Crippen LogP contribution in [0.1, 0.15) is 0 Å². The van der Waals surface area contributed by atoms with Gasteiger partial charge in [0.2, 0.25) is 0 Å². The van der Waals surface area contributed by atoms with Gasteiger partial charge in [-0.25, -0.2) is 0 Å². The number of hydrogen-bond acceptors (Lipinski definition) is 0. The van der Waals surface area contributed by atoms with Gasteiger partial charge in [0.1, 0.15) is 0 Å². The average molecular weight is 650 g/mol. The summed E-state index contributed by atoms with van der Waals surface area (Å²) in [5, 5.41) is 7.57. The van der Waals surface area contributed by atoms with Crippen LogP contribution in [0.25, 0.3) is 93.6 Å². The highest BCUT2D eigenvalue weighted by Gasteiger charge is 2.23. The molecular formula is C48H31N3. The third-order valence-electron chi connectivity index (χ3n) is 10.6. The van der Waals surface area contributed by atoms with Crippen LogP contribution in [0.4, 0.5) is 0 Å². The van der Waals surface area contributed by atoms with Gasteiger partial charge in [-0.3, -0.25) is 0 Å². The van der Waals surface area contributed by atoms with Gasteiger partial charge < -0.3 is 13.7 Å². The number of benzene rings is 8. The van der Waals surface area contributed by atoms with Gasteiger partial charge in [-0.05, 0) is 77.9 Å². The smallest absolute Gasteiger partial charge is 0.0562 e. The molecule has 8 aromatic carbocycles. The van der Waals surface area contributed by atoms with Crippen molar-refractivity contribution in [1.82, 2.24) is 13.7 Å². The van der Waals surface area contributed by atoms with E-state index >= 15 is 0 Å². The van der Waals surface area contributed by atoms with Crippen molar-refractivity contribution in [3.63, 3.8) is 0 Å². The van der Waals surface area contributed by atoms with Crippen LogP contribution in [0.5, 0.6) is 0 Å². The first-order valence-corrected chi connectivity index (χ1v) is 17.5. The number of fused-ring (bicyclic) bond motifs is 10. The van der Waals surface area contributed by atoms with Gasteiger partial charge in [0.15, 0.2) is 0 Å². The fourth-order valence-corrected chi connectivity index (χ4v) is 8.53. The molecule has 3 aromatic heterocycles. The third-order valence-corrected chi connectivity index (χ3v) is 10.6. The maximum absolute atomic E-state index is 2.50. The molecule has 0 unspecified atom stereocenters. The molecule has 11 aromatic rings. The molecule has 3 nitrogen and oxygen atoms in total. The minimum absolute atomic E-state index is 1.16. The molecule has 238 valence electrons. The topological polar surface area (TPSA) is 14.8 Å². The minimum atomic E-state index is 1.16. The molecule has 0 aliphatic heterocycles. The summed E-state index contributed by atoms with van der Waals surface area (Å²) in [4.78, 5) is 0. The summed E-state index contributed by atoms with van der Waals surface area (Å²) in [7, 11) is 0. The zero-order chi connectivity index (χ0) is 33.5. The molecular weight excluding hydrogens is 619 g/mol. The Kier molecular flexibility index (Phi) is 5.96. The predicted molar refractivity (Wildman–Crippen MR) is 215 cm³/mol. The lowest BCUT2D eigenvalue weighted by molar-refractivity contribution is 1.17. The quantitative estimate of drug-likeness (QED) is 0.180. The summed E-state index contributed by atoms with van der Waals surface area (Å²) in [6, 6.07) is 68.3. The minimum Gasteiger partial charge on any atom is -0.309 e. The molecule has 0 amide bonds. The van der Waals surface area contributed by atoms with Crippen LogP contribution in [-0.4, -0.2) is 13.7 Å². The van der Waals surface area contributed by atoms with Crippen LogP contribution < -0.4 is 0 Å². The summed E-state index contributed by atoms with van der Waals surface area (Å²) in [6.45, 7) is 0. The molecule has 0 atom stereocenters. The Morgan fingerprint density at radius 1 is 0.235 bits per heavy atom. The molecule has 51 heavy (non-hydrogen) atoms. The predicted octanol–water partition coefficient (Wildman–Crippen LogP) is 12.6. The fourth-order valence-electron chi connectivity index (χ4n) is 8.53. The van der Waals surface area contributed by atoms with Crippen molar-refractivity contribution in [2.45, 2.75) is 0 Å². The Hall–Kier alpha value is -6.84. The molecule has 0 fully saturated rings. The van der Waals surface area contributed by atoms with E-state index in [2.05, 4.69) is 202 Å². The van der Waals surface area contributed by atoms with E-state index in [4.69, 9.17) is 0 Å². The number of nitrogens with zero attached hydrogens (tertiary/aromatic N) is 3. The van der Waals surface area contributed by atoms with Crippen LogP contribution in [-0.2, 0) is 0 Å². The van der Waals surface area contributed by atoms with Gasteiger partial charge >= 0.3 is 0 Å². The number of para-hydroxylation sites is 4. The number of rotatable bonds is 4. The standard InChI is InChI=1S/C48H31N3/c1-3-14-32(15-4-1)33-26-28-35(29-27-33)50-40-22-11-8-19-37(40)47-44(50)30-31-45-48(47)38-20-9-12-23-41(38)51(45)43-25-13-24-42-46(43)36-18-7-10-21-39(36)49(42)34-16-5-2-6-17-34/h1-31H. The lowest BCUT2D eigenvalue weighted by Gasteiger charge is -2.12. The average Bonchev–Trinajstić information content (AvgIpc) is 3.84. The Bertz CT molecular complexity index is 3110. The summed E-state index contributed by atoms with van der Waals surface area (Å²) in [5.74, 6) is 0. The molecule has 0 N–H and O–H groups in total. The van der Waals surface area contributed by atoms with Gasteiger partial charge in [-0.1, -0.05) is 121 Å². The lowest BCUT2D eigenvalue weighted by atomic mass is 10.1. The highest BCUT2D eigenvalue weighted by Crippen LogP contribution is 2.44. The van der Waals surface area contributed by atoms with Crippen molar-refractivity contribution in [3.05, 3.63) is 188 Å². The first-order valence-electron chi connectivity index (χ1n) is 17.5. The van der Waals surface area contributed by atoms with E-state index in [1.807, 2.05) is 0 Å². The summed E-state index contributed by atoms with van der Waals surface area (Å²) in [6.07, 6.45) is 0. The highest BCUT2D eigenvalue weighted by atomic mass is 15.0. The molecule has 0 radical (unpaired) electrons. The monoisotopic (exact) mass is 649 g/mol. The second-order valence-electron chi connectivity index (χ2n) is 13.3. The van der Waals surface area contributed by atoms with E-state index in [-0.39, 0.29) is 0 Å². The van der Waals surface area contributed by atoms with E-state index in [0.717, 1.165) is 11.4 Å². The Morgan fingerprint density at radius 3 is 1.25 bits per heavy atom. The second-order valence-corrected chi connectivity index (χ2v) is 13.3. The van der Waals surface area contributed by atoms with Crippen LogP contribution in [0.15, 0.2) is 188 Å². The number of hydrogen-bond donors (Lipinski definition) is 0. The van der Waals surface area contributed by atoms with Crippen LogP contribution >= 0.6 is 0 Å². The second kappa shape index (κ2) is 10.8. The Labute approximate surface area is 294 Å². The van der Waals surface area contributed by atoms with E-state index < -0.39 is 0 Å². The molecule has 0 spiro atoms. The molecule has 0 aliphatic carbocycles. The van der Waals surface area contributed by atoms with Gasteiger partial charge in [0.25, 0.3) is 0 Å². The van der Waals surface area contributed by atoms with Crippen LogP contribution in [0.3, 0.4) is 0 Å². The first-order chi connectivity index (χ1) is 25.3. The summed E-state index contributed by atoms with van der Waals surface area (Å²) >= 11 is 0. The van der Waals surface area contributed by atoms with Crippen molar-refractivity contribution >= 4 is 65.4 Å². The first kappa shape index (κ1) is 28.0. The molecule has 0 aliphatic rings. The van der Waals surface area contributed by atoms with Gasteiger partial charge in [-0.2, -0.15) is 0 Å². The van der Waals surface area contributed by atoms with Crippen LogP contribution in [0.2, 0.25) is 0 Å². The summed E-state index contributed by atoms with van der Waals surface area (Å²) < 4.78 is 7.32. The van der Waals surface area contributed by atoms with Crippen molar-refractivity contribution in [2.24, 2.45) is 0 Å². The highest BCUT2D eigenvalue weighted by molar-refractivity contribution is 6.29. The maximum atomic E-state index is 2.50. The van der Waals surface area contributed by atoms with E-state index in [1.54, 1.807) is 0 Å². The van der Waals surface area contributed by atoms with Crippen molar-refractivity contribution in [3.8, 4) is 28.2 Å². The van der Waals surface area contributed by atoms with Gasteiger partial charge in [-0.15, -0.1) is 0 Å². The largest absolute Gasteiger partial charge is 0.309 e. The Morgan fingerprint density at radius 2 is 0.647 bits per heavy atom. The molecule has 3 heterocycles. The van der Waals surface area contributed by atoms with Crippen molar-refractivity contribution < 1.29 is 0 Å². The maximum Gasteiger partial charge on any atom is 0.0562 e. The normalized spacial score (nSPS) is 11.9. The lowest BCUT2D eigenvalue weighted by Crippen LogP contribution is -1.97. The molecule has 3 heteroatoms. The third kappa shape index (κ3) is 4.00. The fraction of sp³-hybridized carbons (Fsp3) is 0. The zero-order valence-electron chi connectivity index (χ0n) is 27.7. The summed E-state index contributed by atoms with van der Waals surface area (Å²) in [5.41, 5.74) is 13.2. The number of aromatic nitrogens is 3. The van der Waals surface area contributed by atoms with Crippen LogP contribution in [0, 0.1) is 0 Å². The van der Waals surface area contributed by atoms with E-state index in [9.17, 15) is 0 Å². The Balaban J connectivity index is 1.23. The molecule has 0 saturated heterocycles. The van der Waals surface area contributed by atoms with Gasteiger partial charge in [0.05, 0.1) is 38.8 Å². The molecule has 11 rings (SSSR count). The molecule has 0 saturated carbocycles.